The van der Waals surface area contributed by atoms with Gasteiger partial charge in [0.15, 0.2) is 18.1 Å². The van der Waals surface area contributed by atoms with Gasteiger partial charge in [-0.15, -0.1) is 0 Å². The molecule has 3 aliphatic rings. The molecule has 5 rings (SSSR count). The quantitative estimate of drug-likeness (QED) is 0.359. The van der Waals surface area contributed by atoms with Gasteiger partial charge in [-0.2, -0.15) is 10.1 Å². The Hall–Kier alpha value is -3.94. The zero-order valence-corrected chi connectivity index (χ0v) is 19.6. The summed E-state index contributed by atoms with van der Waals surface area (Å²) >= 11 is 0. The van der Waals surface area contributed by atoms with Crippen molar-refractivity contribution in [3.63, 3.8) is 0 Å². The molecule has 1 N–H and O–H groups in total. The van der Waals surface area contributed by atoms with Crippen molar-refractivity contribution in [1.29, 1.82) is 0 Å². The molecule has 180 valence electrons. The Kier molecular flexibility index (Phi) is 6.11. The number of anilines is 1. The Labute approximate surface area is 203 Å². The SMILES string of the molecule is CCOc1cc(C=NN2C(=O)[C@@H]3[C@H](C2=O)[C@H]2C=C[C@H]3C2)ccc1OCC(=O)Nc1ccccc1C. The van der Waals surface area contributed by atoms with E-state index in [2.05, 4.69) is 22.6 Å². The summed E-state index contributed by atoms with van der Waals surface area (Å²) in [7, 11) is 0. The first-order valence-electron chi connectivity index (χ1n) is 11.8. The first-order chi connectivity index (χ1) is 17.0. The van der Waals surface area contributed by atoms with Crippen molar-refractivity contribution >= 4 is 29.6 Å². The monoisotopic (exact) mass is 473 g/mol. The van der Waals surface area contributed by atoms with Crippen molar-refractivity contribution < 1.29 is 23.9 Å². The molecule has 4 atom stereocenters. The number of nitrogens with zero attached hydrogens (tertiary/aromatic N) is 2. The molecule has 1 saturated heterocycles. The van der Waals surface area contributed by atoms with Crippen LogP contribution in [-0.2, 0) is 14.4 Å². The number of benzene rings is 2. The summed E-state index contributed by atoms with van der Waals surface area (Å²) in [5, 5.41) is 8.06. The average Bonchev–Trinajstić information content (AvgIpc) is 3.53. The second-order valence-electron chi connectivity index (χ2n) is 9.02. The highest BCUT2D eigenvalue weighted by Crippen LogP contribution is 2.52. The van der Waals surface area contributed by atoms with Gasteiger partial charge in [0.1, 0.15) is 0 Å². The maximum Gasteiger partial charge on any atom is 0.262 e. The van der Waals surface area contributed by atoms with Crippen LogP contribution >= 0.6 is 0 Å². The normalized spacial score (nSPS) is 24.3. The summed E-state index contributed by atoms with van der Waals surface area (Å²) in [5.74, 6) is -0.155. The molecule has 0 radical (unpaired) electrons. The Balaban J connectivity index is 1.25. The van der Waals surface area contributed by atoms with Gasteiger partial charge in [-0.25, -0.2) is 0 Å². The second kappa shape index (κ2) is 9.37. The third-order valence-electron chi connectivity index (χ3n) is 6.81. The minimum Gasteiger partial charge on any atom is -0.490 e. The van der Waals surface area contributed by atoms with Gasteiger partial charge in [-0.05, 0) is 67.5 Å². The Morgan fingerprint density at radius 2 is 1.77 bits per heavy atom. The highest BCUT2D eigenvalue weighted by Gasteiger charge is 2.59. The largest absolute Gasteiger partial charge is 0.490 e. The number of rotatable bonds is 8. The molecule has 2 aliphatic carbocycles. The number of imide groups is 1. The molecular weight excluding hydrogens is 446 g/mol. The van der Waals surface area contributed by atoms with E-state index in [1.54, 1.807) is 18.2 Å². The predicted octanol–water partition coefficient (Wildman–Crippen LogP) is 3.55. The smallest absolute Gasteiger partial charge is 0.262 e. The van der Waals surface area contributed by atoms with E-state index in [1.165, 1.54) is 6.21 Å². The zero-order valence-electron chi connectivity index (χ0n) is 19.6. The molecule has 1 heterocycles. The van der Waals surface area contributed by atoms with Crippen LogP contribution in [0.3, 0.4) is 0 Å². The van der Waals surface area contributed by atoms with Gasteiger partial charge in [0.25, 0.3) is 17.7 Å². The summed E-state index contributed by atoms with van der Waals surface area (Å²) in [6.45, 7) is 3.98. The van der Waals surface area contributed by atoms with Crippen LogP contribution in [0.25, 0.3) is 0 Å². The van der Waals surface area contributed by atoms with Gasteiger partial charge in [-0.1, -0.05) is 30.4 Å². The van der Waals surface area contributed by atoms with Crippen LogP contribution in [0, 0.1) is 30.6 Å². The van der Waals surface area contributed by atoms with E-state index in [1.807, 2.05) is 38.1 Å². The van der Waals surface area contributed by atoms with Crippen molar-refractivity contribution in [3.8, 4) is 11.5 Å². The third-order valence-corrected chi connectivity index (χ3v) is 6.81. The van der Waals surface area contributed by atoms with Crippen molar-refractivity contribution in [2.75, 3.05) is 18.5 Å². The number of fused-ring (bicyclic) bond motifs is 5. The Bertz CT molecular complexity index is 1210. The van der Waals surface area contributed by atoms with Gasteiger partial charge in [0, 0.05) is 5.69 Å². The number of allylic oxidation sites excluding steroid dienone is 2. The molecule has 2 fully saturated rings. The lowest BCUT2D eigenvalue weighted by Gasteiger charge is -2.14. The molecular formula is C27H27N3O5. The summed E-state index contributed by atoms with van der Waals surface area (Å²) in [4.78, 5) is 38.0. The van der Waals surface area contributed by atoms with Gasteiger partial charge >= 0.3 is 0 Å². The molecule has 0 unspecified atom stereocenters. The Morgan fingerprint density at radius 1 is 1.06 bits per heavy atom. The molecule has 2 aromatic rings. The fourth-order valence-corrected chi connectivity index (χ4v) is 5.16. The van der Waals surface area contributed by atoms with Crippen molar-refractivity contribution in [2.45, 2.75) is 20.3 Å². The number of para-hydroxylation sites is 1. The number of amides is 3. The average molecular weight is 474 g/mol. The predicted molar refractivity (Wildman–Crippen MR) is 130 cm³/mol. The lowest BCUT2D eigenvalue weighted by molar-refractivity contribution is -0.140. The van der Waals surface area contributed by atoms with E-state index in [0.29, 0.717) is 23.7 Å². The van der Waals surface area contributed by atoms with Crippen molar-refractivity contribution in [1.82, 2.24) is 5.01 Å². The topological polar surface area (TPSA) is 97.3 Å². The van der Waals surface area contributed by atoms with Gasteiger partial charge in [0.2, 0.25) is 0 Å². The van der Waals surface area contributed by atoms with Crippen LogP contribution in [0.5, 0.6) is 11.5 Å². The molecule has 1 aliphatic heterocycles. The van der Waals surface area contributed by atoms with Crippen LogP contribution in [0.4, 0.5) is 5.69 Å². The molecule has 0 spiro atoms. The van der Waals surface area contributed by atoms with Gasteiger partial charge in [0.05, 0.1) is 24.7 Å². The van der Waals surface area contributed by atoms with Crippen LogP contribution < -0.4 is 14.8 Å². The van der Waals surface area contributed by atoms with Crippen LogP contribution in [-0.4, -0.2) is 42.2 Å². The highest BCUT2D eigenvalue weighted by atomic mass is 16.5. The van der Waals surface area contributed by atoms with Crippen molar-refractivity contribution in [3.05, 3.63) is 65.7 Å². The summed E-state index contributed by atoms with van der Waals surface area (Å²) in [5.41, 5.74) is 2.34. The molecule has 3 amide bonds. The van der Waals surface area contributed by atoms with E-state index in [9.17, 15) is 14.4 Å². The lowest BCUT2D eigenvalue weighted by atomic mass is 9.85. The number of nitrogens with one attached hydrogen (secondary N) is 1. The number of carbonyl (C=O) groups is 3. The number of aryl methyl sites for hydroxylation is 1. The summed E-state index contributed by atoms with van der Waals surface area (Å²) in [6, 6.07) is 12.6. The summed E-state index contributed by atoms with van der Waals surface area (Å²) < 4.78 is 11.4. The van der Waals surface area contributed by atoms with E-state index >= 15 is 0 Å². The third kappa shape index (κ3) is 4.32. The molecule has 0 aromatic heterocycles. The van der Waals surface area contributed by atoms with Gasteiger partial charge in [-0.3, -0.25) is 14.4 Å². The molecule has 2 aromatic carbocycles. The van der Waals surface area contributed by atoms with Crippen LogP contribution in [0.1, 0.15) is 24.5 Å². The number of hydrazone groups is 1. The molecule has 35 heavy (non-hydrogen) atoms. The summed E-state index contributed by atoms with van der Waals surface area (Å²) in [6.07, 6.45) is 6.47. The fraction of sp³-hybridized carbons (Fsp3) is 0.333. The maximum atomic E-state index is 12.8. The van der Waals surface area contributed by atoms with Crippen LogP contribution in [0.15, 0.2) is 59.7 Å². The number of carbonyl (C=O) groups excluding carboxylic acids is 3. The first-order valence-corrected chi connectivity index (χ1v) is 11.8. The second-order valence-corrected chi connectivity index (χ2v) is 9.02. The van der Waals surface area contributed by atoms with E-state index < -0.39 is 0 Å². The van der Waals surface area contributed by atoms with E-state index in [-0.39, 0.29) is 48.0 Å². The molecule has 2 bridgehead atoms. The zero-order chi connectivity index (χ0) is 24.5. The van der Waals surface area contributed by atoms with E-state index in [0.717, 1.165) is 22.7 Å². The van der Waals surface area contributed by atoms with Gasteiger partial charge < -0.3 is 14.8 Å². The number of hydrogen-bond acceptors (Lipinski definition) is 6. The van der Waals surface area contributed by atoms with Crippen LogP contribution in [0.2, 0.25) is 0 Å². The lowest BCUT2D eigenvalue weighted by Crippen LogP contribution is -2.28. The molecule has 8 nitrogen and oxygen atoms in total. The van der Waals surface area contributed by atoms with Crippen molar-refractivity contribution in [2.24, 2.45) is 28.8 Å². The fourth-order valence-electron chi connectivity index (χ4n) is 5.16. The Morgan fingerprint density at radius 3 is 2.46 bits per heavy atom. The number of hydrogen-bond donors (Lipinski definition) is 1. The minimum atomic E-state index is -0.285. The molecule has 8 heteroatoms. The molecule has 1 saturated carbocycles. The standard InChI is InChI=1S/C27H27N3O5/c1-3-34-22-12-17(8-11-21(22)35-15-23(31)29-20-7-5-4-6-16(20)2)14-28-30-26(32)24-18-9-10-19(13-18)25(24)27(30)33/h4-12,14,18-19,24-25H,3,13,15H2,1-2H3,(H,29,31)/t18-,19-,24-,25+/m0/s1. The highest BCUT2D eigenvalue weighted by molar-refractivity contribution is 6.06. The number of ether oxygens (including phenoxy) is 2. The van der Waals surface area contributed by atoms with E-state index in [4.69, 9.17) is 9.47 Å². The minimum absolute atomic E-state index is 0.144. The first kappa shape index (κ1) is 22.8. The maximum absolute atomic E-state index is 12.8.